The number of para-hydroxylation sites is 1. The Morgan fingerprint density at radius 2 is 1.70 bits per heavy atom. The van der Waals surface area contributed by atoms with Crippen molar-refractivity contribution in [1.29, 1.82) is 0 Å². The number of fused-ring (bicyclic) bond motifs is 1. The SMILES string of the molecule is Cc1sc2nc(SCc3cccc(C(=O)OC(C)C)c3)n(-c3ccccc3)c(=O)c2c1-c1ccccc1. The average molecular weight is 527 g/mol. The van der Waals surface area contributed by atoms with Crippen molar-refractivity contribution in [2.24, 2.45) is 0 Å². The number of rotatable bonds is 7. The molecule has 0 saturated heterocycles. The van der Waals surface area contributed by atoms with E-state index in [1.807, 2.05) is 99.6 Å². The van der Waals surface area contributed by atoms with Crippen molar-refractivity contribution in [2.75, 3.05) is 0 Å². The highest BCUT2D eigenvalue weighted by atomic mass is 32.2. The number of hydrogen-bond donors (Lipinski definition) is 0. The van der Waals surface area contributed by atoms with Crippen LogP contribution in [0, 0.1) is 6.92 Å². The number of aromatic nitrogens is 2. The number of esters is 1. The first-order chi connectivity index (χ1) is 17.9. The molecule has 0 saturated carbocycles. The van der Waals surface area contributed by atoms with Gasteiger partial charge in [0.1, 0.15) is 4.83 Å². The molecular formula is C30H26N2O3S2. The first kappa shape index (κ1) is 25.0. The number of carbonyl (C=O) groups excluding carboxylic acids is 1. The fourth-order valence-corrected chi connectivity index (χ4v) is 6.26. The van der Waals surface area contributed by atoms with E-state index in [2.05, 4.69) is 0 Å². The van der Waals surface area contributed by atoms with Crippen molar-refractivity contribution in [2.45, 2.75) is 37.8 Å². The van der Waals surface area contributed by atoms with Crippen LogP contribution in [0.5, 0.6) is 0 Å². The summed E-state index contributed by atoms with van der Waals surface area (Å²) in [6, 6.07) is 27.0. The lowest BCUT2D eigenvalue weighted by Crippen LogP contribution is -2.21. The van der Waals surface area contributed by atoms with E-state index >= 15 is 0 Å². The summed E-state index contributed by atoms with van der Waals surface area (Å²) in [6.07, 6.45) is -0.184. The minimum Gasteiger partial charge on any atom is -0.459 e. The van der Waals surface area contributed by atoms with Gasteiger partial charge >= 0.3 is 5.97 Å². The maximum absolute atomic E-state index is 14.1. The highest BCUT2D eigenvalue weighted by Gasteiger charge is 2.21. The highest BCUT2D eigenvalue weighted by Crippen LogP contribution is 2.37. The number of thiophene rings is 1. The number of carbonyl (C=O) groups is 1. The predicted molar refractivity (Wildman–Crippen MR) is 152 cm³/mol. The topological polar surface area (TPSA) is 61.2 Å². The van der Waals surface area contributed by atoms with Crippen LogP contribution in [0.15, 0.2) is 94.9 Å². The van der Waals surface area contributed by atoms with Crippen LogP contribution in [0.2, 0.25) is 0 Å². The molecule has 0 aliphatic heterocycles. The third-order valence-corrected chi connectivity index (χ3v) is 7.83. The van der Waals surface area contributed by atoms with E-state index in [4.69, 9.17) is 9.72 Å². The Labute approximate surface area is 223 Å². The van der Waals surface area contributed by atoms with Gasteiger partial charge in [0.15, 0.2) is 5.16 Å². The number of aryl methyl sites for hydroxylation is 1. The second-order valence-electron chi connectivity index (χ2n) is 8.89. The molecule has 5 aromatic rings. The Hall–Kier alpha value is -3.68. The molecule has 0 aliphatic rings. The molecule has 0 radical (unpaired) electrons. The third-order valence-electron chi connectivity index (χ3n) is 5.82. The number of nitrogens with zero attached hydrogens (tertiary/aromatic N) is 2. The van der Waals surface area contributed by atoms with E-state index in [-0.39, 0.29) is 17.6 Å². The van der Waals surface area contributed by atoms with Gasteiger partial charge in [-0.15, -0.1) is 11.3 Å². The Morgan fingerprint density at radius 1 is 1.00 bits per heavy atom. The standard InChI is InChI=1S/C30H26N2O3S2/c1-19(2)35-29(34)23-14-10-11-21(17-23)18-36-30-31-27-26(28(33)32(30)24-15-8-5-9-16-24)25(20(3)37-27)22-12-6-4-7-13-22/h4-17,19H,18H2,1-3H3. The van der Waals surface area contributed by atoms with Crippen molar-refractivity contribution in [3.05, 3.63) is 111 Å². The molecule has 3 aromatic carbocycles. The molecule has 0 unspecified atom stereocenters. The van der Waals surface area contributed by atoms with Crippen molar-refractivity contribution in [3.8, 4) is 16.8 Å². The highest BCUT2D eigenvalue weighted by molar-refractivity contribution is 7.98. The molecule has 0 atom stereocenters. The molecule has 7 heteroatoms. The smallest absolute Gasteiger partial charge is 0.338 e. The van der Waals surface area contributed by atoms with Crippen molar-refractivity contribution >= 4 is 39.3 Å². The van der Waals surface area contributed by atoms with Crippen LogP contribution in [0.1, 0.15) is 34.6 Å². The third kappa shape index (κ3) is 5.24. The summed E-state index contributed by atoms with van der Waals surface area (Å²) in [5.74, 6) is 0.203. The van der Waals surface area contributed by atoms with Crippen molar-refractivity contribution in [1.82, 2.24) is 9.55 Å². The van der Waals surface area contributed by atoms with E-state index in [0.717, 1.165) is 32.1 Å². The monoisotopic (exact) mass is 526 g/mol. The van der Waals surface area contributed by atoms with E-state index in [0.29, 0.717) is 21.9 Å². The van der Waals surface area contributed by atoms with Gasteiger partial charge in [0.2, 0.25) is 0 Å². The van der Waals surface area contributed by atoms with Crippen LogP contribution in [0.3, 0.4) is 0 Å². The molecule has 0 N–H and O–H groups in total. The lowest BCUT2D eigenvalue weighted by atomic mass is 10.0. The first-order valence-electron chi connectivity index (χ1n) is 12.0. The predicted octanol–water partition coefficient (Wildman–Crippen LogP) is 7.28. The average Bonchev–Trinajstić information content (AvgIpc) is 3.24. The quantitative estimate of drug-likeness (QED) is 0.127. The van der Waals surface area contributed by atoms with E-state index in [1.165, 1.54) is 11.8 Å². The van der Waals surface area contributed by atoms with Crippen LogP contribution < -0.4 is 5.56 Å². The van der Waals surface area contributed by atoms with Gasteiger partial charge in [0.25, 0.3) is 5.56 Å². The number of hydrogen-bond acceptors (Lipinski definition) is 6. The van der Waals surface area contributed by atoms with Crippen LogP contribution >= 0.6 is 23.1 Å². The van der Waals surface area contributed by atoms with E-state index in [9.17, 15) is 9.59 Å². The molecule has 0 fully saturated rings. The van der Waals surface area contributed by atoms with E-state index < -0.39 is 0 Å². The Bertz CT molecular complexity index is 1620. The molecule has 0 amide bonds. The summed E-state index contributed by atoms with van der Waals surface area (Å²) in [6.45, 7) is 5.70. The van der Waals surface area contributed by atoms with Crippen LogP contribution in [0.25, 0.3) is 27.0 Å². The molecule has 0 bridgehead atoms. The molecule has 0 spiro atoms. The molecule has 186 valence electrons. The zero-order valence-electron chi connectivity index (χ0n) is 20.8. The van der Waals surface area contributed by atoms with Gasteiger partial charge in [0, 0.05) is 16.2 Å². The lowest BCUT2D eigenvalue weighted by Gasteiger charge is -2.13. The summed E-state index contributed by atoms with van der Waals surface area (Å²) < 4.78 is 7.04. The second kappa shape index (κ2) is 10.7. The zero-order valence-corrected chi connectivity index (χ0v) is 22.4. The summed E-state index contributed by atoms with van der Waals surface area (Å²) in [4.78, 5) is 33.2. The van der Waals surface area contributed by atoms with Crippen molar-refractivity contribution < 1.29 is 9.53 Å². The second-order valence-corrected chi connectivity index (χ2v) is 11.0. The zero-order chi connectivity index (χ0) is 25.9. The number of benzene rings is 3. The molecule has 2 aromatic heterocycles. The first-order valence-corrected chi connectivity index (χ1v) is 13.8. The van der Waals surface area contributed by atoms with Gasteiger partial charge in [-0.25, -0.2) is 9.78 Å². The maximum Gasteiger partial charge on any atom is 0.338 e. The van der Waals surface area contributed by atoms with Gasteiger partial charge < -0.3 is 4.74 Å². The van der Waals surface area contributed by atoms with E-state index in [1.54, 1.807) is 22.0 Å². The molecule has 0 aliphatic carbocycles. The van der Waals surface area contributed by atoms with Crippen LogP contribution in [-0.2, 0) is 10.5 Å². The van der Waals surface area contributed by atoms with Gasteiger partial charge in [-0.3, -0.25) is 9.36 Å². The van der Waals surface area contributed by atoms with Crippen LogP contribution in [-0.4, -0.2) is 21.6 Å². The van der Waals surface area contributed by atoms with Gasteiger partial charge in [0.05, 0.1) is 22.7 Å². The molecule has 5 rings (SSSR count). The minimum atomic E-state index is -0.343. The maximum atomic E-state index is 14.1. The Morgan fingerprint density at radius 3 is 2.41 bits per heavy atom. The van der Waals surface area contributed by atoms with Gasteiger partial charge in [-0.2, -0.15) is 0 Å². The summed E-state index contributed by atoms with van der Waals surface area (Å²) in [5, 5.41) is 1.25. The normalized spacial score (nSPS) is 11.2. The fraction of sp³-hybridized carbons (Fsp3) is 0.167. The lowest BCUT2D eigenvalue weighted by molar-refractivity contribution is 0.0378. The fourth-order valence-electron chi connectivity index (χ4n) is 4.21. The summed E-state index contributed by atoms with van der Waals surface area (Å²) in [5.41, 5.74) is 4.09. The molecule has 37 heavy (non-hydrogen) atoms. The summed E-state index contributed by atoms with van der Waals surface area (Å²) >= 11 is 3.02. The summed E-state index contributed by atoms with van der Waals surface area (Å²) in [7, 11) is 0. The Kier molecular flexibility index (Phi) is 7.26. The molecular weight excluding hydrogens is 500 g/mol. The van der Waals surface area contributed by atoms with Gasteiger partial charge in [-0.1, -0.05) is 72.4 Å². The largest absolute Gasteiger partial charge is 0.459 e. The Balaban J connectivity index is 1.58. The molecule has 5 nitrogen and oxygen atoms in total. The van der Waals surface area contributed by atoms with Gasteiger partial charge in [-0.05, 0) is 56.2 Å². The minimum absolute atomic E-state index is 0.0869. The van der Waals surface area contributed by atoms with Crippen molar-refractivity contribution in [3.63, 3.8) is 0 Å². The number of ether oxygens (including phenoxy) is 1. The number of thioether (sulfide) groups is 1. The van der Waals surface area contributed by atoms with Crippen LogP contribution in [0.4, 0.5) is 0 Å². The molecule has 2 heterocycles.